The Hall–Kier alpha value is -2.11. The van der Waals surface area contributed by atoms with E-state index in [1.165, 1.54) is 0 Å². The predicted octanol–water partition coefficient (Wildman–Crippen LogP) is 1.74. The van der Waals surface area contributed by atoms with Crippen molar-refractivity contribution in [3.05, 3.63) is 24.4 Å². The molecule has 2 amide bonds. The van der Waals surface area contributed by atoms with Gasteiger partial charge in [0, 0.05) is 38.2 Å². The summed E-state index contributed by atoms with van der Waals surface area (Å²) in [7, 11) is 0. The van der Waals surface area contributed by atoms with Crippen LogP contribution in [0.3, 0.4) is 0 Å². The van der Waals surface area contributed by atoms with Crippen LogP contribution >= 0.6 is 0 Å². The first-order valence-electron chi connectivity index (χ1n) is 8.27. The molecule has 0 saturated carbocycles. The van der Waals surface area contributed by atoms with Gasteiger partial charge in [-0.3, -0.25) is 9.59 Å². The maximum Gasteiger partial charge on any atom is 0.235 e. The van der Waals surface area contributed by atoms with E-state index in [4.69, 9.17) is 10.5 Å². The number of hydrogen-bond acceptors (Lipinski definition) is 4. The molecule has 1 aromatic heterocycles. The summed E-state index contributed by atoms with van der Waals surface area (Å²) < 4.78 is 5.82. The van der Waals surface area contributed by atoms with Gasteiger partial charge >= 0.3 is 0 Å². The van der Waals surface area contributed by atoms with Crippen LogP contribution in [0.2, 0.25) is 0 Å². The van der Waals surface area contributed by atoms with Gasteiger partial charge in [0.2, 0.25) is 17.7 Å². The van der Waals surface area contributed by atoms with E-state index in [2.05, 4.69) is 4.98 Å². The number of carbonyl (C=O) groups is 2. The number of aromatic nitrogens is 1. The van der Waals surface area contributed by atoms with Crippen molar-refractivity contribution in [2.75, 3.05) is 13.1 Å². The molecule has 1 aliphatic rings. The maximum atomic E-state index is 12.5. The van der Waals surface area contributed by atoms with E-state index in [1.807, 2.05) is 25.1 Å². The van der Waals surface area contributed by atoms with Crippen molar-refractivity contribution < 1.29 is 14.3 Å². The quantitative estimate of drug-likeness (QED) is 0.776. The SMILES string of the molecule is CCCCC(C(N)=O)C(=O)N1CCC(Oc2ccccn2)CC1. The van der Waals surface area contributed by atoms with E-state index in [9.17, 15) is 9.59 Å². The highest BCUT2D eigenvalue weighted by molar-refractivity contribution is 5.99. The zero-order valence-corrected chi connectivity index (χ0v) is 13.6. The van der Waals surface area contributed by atoms with Crippen LogP contribution in [0.4, 0.5) is 0 Å². The molecular weight excluding hydrogens is 294 g/mol. The summed E-state index contributed by atoms with van der Waals surface area (Å²) in [4.78, 5) is 29.9. The fourth-order valence-electron chi connectivity index (χ4n) is 2.80. The Morgan fingerprint density at radius 3 is 2.70 bits per heavy atom. The molecule has 23 heavy (non-hydrogen) atoms. The number of amides is 2. The summed E-state index contributed by atoms with van der Waals surface area (Å²) in [5.74, 6) is -0.740. The average Bonchev–Trinajstić information content (AvgIpc) is 2.56. The molecule has 1 aliphatic heterocycles. The van der Waals surface area contributed by atoms with Crippen LogP contribution in [0.1, 0.15) is 39.0 Å². The van der Waals surface area contributed by atoms with Crippen LogP contribution in [0, 0.1) is 5.92 Å². The second kappa shape index (κ2) is 8.50. The van der Waals surface area contributed by atoms with Gasteiger partial charge in [-0.2, -0.15) is 0 Å². The van der Waals surface area contributed by atoms with Crippen LogP contribution in [0.15, 0.2) is 24.4 Å². The summed E-state index contributed by atoms with van der Waals surface area (Å²) in [5, 5.41) is 0. The van der Waals surface area contributed by atoms with Crippen molar-refractivity contribution in [3.63, 3.8) is 0 Å². The summed E-state index contributed by atoms with van der Waals surface area (Å²) in [5.41, 5.74) is 5.40. The van der Waals surface area contributed by atoms with Gasteiger partial charge in [0.05, 0.1) is 0 Å². The van der Waals surface area contributed by atoms with Gasteiger partial charge in [0.25, 0.3) is 0 Å². The molecule has 1 atom stereocenters. The summed E-state index contributed by atoms with van der Waals surface area (Å²) in [6.07, 6.45) is 5.53. The molecule has 126 valence electrons. The van der Waals surface area contributed by atoms with Crippen LogP contribution < -0.4 is 10.5 Å². The lowest BCUT2D eigenvalue weighted by atomic mass is 9.98. The molecular formula is C17H25N3O3. The van der Waals surface area contributed by atoms with Crippen molar-refractivity contribution >= 4 is 11.8 Å². The minimum absolute atomic E-state index is 0.0524. The molecule has 1 unspecified atom stereocenters. The molecule has 2 N–H and O–H groups in total. The highest BCUT2D eigenvalue weighted by atomic mass is 16.5. The number of ether oxygens (including phenoxy) is 1. The zero-order valence-electron chi connectivity index (χ0n) is 13.6. The lowest BCUT2D eigenvalue weighted by Crippen LogP contribution is -2.47. The van der Waals surface area contributed by atoms with Gasteiger partial charge in [-0.15, -0.1) is 0 Å². The largest absolute Gasteiger partial charge is 0.474 e. The number of carbonyl (C=O) groups excluding carboxylic acids is 2. The van der Waals surface area contributed by atoms with Crippen molar-refractivity contribution in [2.45, 2.75) is 45.1 Å². The standard InChI is InChI=1S/C17H25N3O3/c1-2-3-6-14(16(18)21)17(22)20-11-8-13(9-12-20)23-15-7-4-5-10-19-15/h4-5,7,10,13-14H,2-3,6,8-9,11-12H2,1H3,(H2,18,21). The Morgan fingerprint density at radius 1 is 1.39 bits per heavy atom. The summed E-state index contributed by atoms with van der Waals surface area (Å²) in [6, 6.07) is 5.55. The van der Waals surface area contributed by atoms with Gasteiger partial charge in [-0.1, -0.05) is 25.8 Å². The minimum Gasteiger partial charge on any atom is -0.474 e. The molecule has 1 fully saturated rings. The molecule has 0 spiro atoms. The minimum atomic E-state index is -0.691. The summed E-state index contributed by atoms with van der Waals surface area (Å²) in [6.45, 7) is 3.21. The van der Waals surface area contributed by atoms with Crippen molar-refractivity contribution in [3.8, 4) is 5.88 Å². The first-order valence-corrected chi connectivity index (χ1v) is 8.27. The Bertz CT molecular complexity index is 513. The number of pyridine rings is 1. The Labute approximate surface area is 137 Å². The average molecular weight is 319 g/mol. The number of nitrogens with zero attached hydrogens (tertiary/aromatic N) is 2. The number of nitrogens with two attached hydrogens (primary N) is 1. The Kier molecular flexibility index (Phi) is 6.38. The first-order chi connectivity index (χ1) is 11.1. The number of likely N-dealkylation sites (tertiary alicyclic amines) is 1. The normalized spacial score (nSPS) is 16.8. The van der Waals surface area contributed by atoms with Crippen molar-refractivity contribution in [1.29, 1.82) is 0 Å². The van der Waals surface area contributed by atoms with Crippen LogP contribution in [0.5, 0.6) is 5.88 Å². The van der Waals surface area contributed by atoms with E-state index in [0.717, 1.165) is 25.7 Å². The van der Waals surface area contributed by atoms with Gasteiger partial charge in [0.1, 0.15) is 12.0 Å². The molecule has 1 saturated heterocycles. The summed E-state index contributed by atoms with van der Waals surface area (Å²) >= 11 is 0. The number of piperidine rings is 1. The van der Waals surface area contributed by atoms with E-state index in [-0.39, 0.29) is 12.0 Å². The van der Waals surface area contributed by atoms with Gasteiger partial charge < -0.3 is 15.4 Å². The lowest BCUT2D eigenvalue weighted by Gasteiger charge is -2.33. The molecule has 0 aromatic carbocycles. The topological polar surface area (TPSA) is 85.5 Å². The number of rotatable bonds is 7. The molecule has 0 bridgehead atoms. The molecule has 0 radical (unpaired) electrons. The fourth-order valence-corrected chi connectivity index (χ4v) is 2.80. The Morgan fingerprint density at radius 2 is 2.13 bits per heavy atom. The van der Waals surface area contributed by atoms with Gasteiger partial charge in [-0.05, 0) is 12.5 Å². The highest BCUT2D eigenvalue weighted by Gasteiger charge is 2.31. The van der Waals surface area contributed by atoms with Gasteiger partial charge in [-0.25, -0.2) is 4.98 Å². The third-order valence-electron chi connectivity index (χ3n) is 4.17. The number of hydrogen-bond donors (Lipinski definition) is 1. The third kappa shape index (κ3) is 4.94. The first kappa shape index (κ1) is 17.2. The smallest absolute Gasteiger partial charge is 0.235 e. The molecule has 2 rings (SSSR count). The number of primary amides is 1. The van der Waals surface area contributed by atoms with Crippen molar-refractivity contribution in [2.24, 2.45) is 11.7 Å². The molecule has 1 aromatic rings. The number of unbranched alkanes of at least 4 members (excludes halogenated alkanes) is 1. The highest BCUT2D eigenvalue weighted by Crippen LogP contribution is 2.20. The van der Waals surface area contributed by atoms with Gasteiger partial charge in [0.15, 0.2) is 0 Å². The van der Waals surface area contributed by atoms with Crippen LogP contribution in [-0.4, -0.2) is 40.9 Å². The fraction of sp³-hybridized carbons (Fsp3) is 0.588. The monoisotopic (exact) mass is 319 g/mol. The lowest BCUT2D eigenvalue weighted by molar-refractivity contribution is -0.142. The van der Waals surface area contributed by atoms with Crippen LogP contribution in [-0.2, 0) is 9.59 Å². The van der Waals surface area contributed by atoms with Crippen molar-refractivity contribution in [1.82, 2.24) is 9.88 Å². The van der Waals surface area contributed by atoms with E-state index < -0.39 is 11.8 Å². The second-order valence-electron chi connectivity index (χ2n) is 5.91. The van der Waals surface area contributed by atoms with E-state index in [1.54, 1.807) is 11.1 Å². The zero-order chi connectivity index (χ0) is 16.7. The predicted molar refractivity (Wildman–Crippen MR) is 86.7 cm³/mol. The molecule has 2 heterocycles. The maximum absolute atomic E-state index is 12.5. The molecule has 6 heteroatoms. The van der Waals surface area contributed by atoms with E-state index in [0.29, 0.717) is 25.4 Å². The second-order valence-corrected chi connectivity index (χ2v) is 5.91. The van der Waals surface area contributed by atoms with Crippen LogP contribution in [0.25, 0.3) is 0 Å². The molecule has 0 aliphatic carbocycles. The van der Waals surface area contributed by atoms with E-state index >= 15 is 0 Å². The Balaban J connectivity index is 1.85. The third-order valence-corrected chi connectivity index (χ3v) is 4.17. The molecule has 6 nitrogen and oxygen atoms in total.